The quantitative estimate of drug-likeness (QED) is 0.223. The lowest BCUT2D eigenvalue weighted by Crippen LogP contribution is -1.86. The highest BCUT2D eigenvalue weighted by Crippen LogP contribution is 2.22. The number of rotatable bonds is 15. The molecule has 0 atom stereocenters. The van der Waals surface area contributed by atoms with Crippen LogP contribution in [-0.4, -0.2) is 49.6 Å². The van der Waals surface area contributed by atoms with Gasteiger partial charge in [-0.05, 0) is 42.1 Å². The zero-order chi connectivity index (χ0) is 13.3. The fourth-order valence-corrected chi connectivity index (χ4v) is 7.48. The Labute approximate surface area is 144 Å². The Morgan fingerprint density at radius 3 is 1.72 bits per heavy atom. The third-order valence-electron chi connectivity index (χ3n) is 1.81. The molecule has 18 heavy (non-hydrogen) atoms. The first-order valence-corrected chi connectivity index (χ1v) is 13.7. The lowest BCUT2D eigenvalue weighted by molar-refractivity contribution is 1.13. The predicted octanol–water partition coefficient (Wildman–Crippen LogP) is 5.56. The lowest BCUT2D eigenvalue weighted by atomic mass is 10.6. The van der Waals surface area contributed by atoms with Crippen LogP contribution >= 0.6 is 83.2 Å². The number of thiol groups is 1. The third-order valence-corrected chi connectivity index (χ3v) is 8.97. The molecule has 0 unspecified atom stereocenters. The molecule has 0 N–H and O–H groups in total. The molecule has 0 aliphatic carbocycles. The fraction of sp³-hybridized carbons (Fsp3) is 1.00. The highest BCUT2D eigenvalue weighted by atomic mass is 32.2. The standard InChI is InChI=1S/C11H24S7/c1-13-4-2-6-15-9-17-11-18-10-16-7-3-5-14-8-12/h12H,2-11H2,1H3. The van der Waals surface area contributed by atoms with Gasteiger partial charge in [0.15, 0.2) is 0 Å². The Kier molecular flexibility index (Phi) is 22.1. The van der Waals surface area contributed by atoms with Gasteiger partial charge in [0, 0.05) is 20.3 Å². The van der Waals surface area contributed by atoms with E-state index in [1.807, 2.05) is 23.5 Å². The molecule has 0 heterocycles. The minimum atomic E-state index is 0.963. The normalized spacial score (nSPS) is 11.0. The Morgan fingerprint density at radius 2 is 1.17 bits per heavy atom. The van der Waals surface area contributed by atoms with Gasteiger partial charge in [-0.25, -0.2) is 0 Å². The summed E-state index contributed by atoms with van der Waals surface area (Å²) in [7, 11) is 0. The molecule has 7 heteroatoms. The van der Waals surface area contributed by atoms with E-state index in [0.717, 1.165) is 5.08 Å². The molecular formula is C11H24S7. The van der Waals surface area contributed by atoms with Crippen LogP contribution in [0, 0.1) is 0 Å². The van der Waals surface area contributed by atoms with Crippen LogP contribution in [-0.2, 0) is 0 Å². The molecule has 0 saturated carbocycles. The minimum absolute atomic E-state index is 0.963. The summed E-state index contributed by atoms with van der Waals surface area (Å²) in [6.45, 7) is 0. The van der Waals surface area contributed by atoms with Crippen LogP contribution in [0.5, 0.6) is 0 Å². The molecule has 0 rings (SSSR count). The van der Waals surface area contributed by atoms with E-state index in [2.05, 4.69) is 65.9 Å². The monoisotopic (exact) mass is 380 g/mol. The van der Waals surface area contributed by atoms with Crippen molar-refractivity contribution in [3.8, 4) is 0 Å². The molecule has 0 amide bonds. The van der Waals surface area contributed by atoms with Gasteiger partial charge in [0.05, 0.1) is 0 Å². The second kappa shape index (κ2) is 19.4. The van der Waals surface area contributed by atoms with Crippen molar-refractivity contribution >= 4 is 83.2 Å². The largest absolute Gasteiger partial charge is 0.168 e. The highest BCUT2D eigenvalue weighted by molar-refractivity contribution is 8.26. The van der Waals surface area contributed by atoms with Gasteiger partial charge >= 0.3 is 0 Å². The summed E-state index contributed by atoms with van der Waals surface area (Å²) in [5, 5.41) is 4.75. The maximum Gasteiger partial charge on any atom is 0.0408 e. The van der Waals surface area contributed by atoms with Crippen LogP contribution in [0.4, 0.5) is 0 Å². The van der Waals surface area contributed by atoms with Crippen molar-refractivity contribution in [2.24, 2.45) is 0 Å². The molecule has 0 spiro atoms. The van der Waals surface area contributed by atoms with Crippen LogP contribution in [0.1, 0.15) is 12.8 Å². The van der Waals surface area contributed by atoms with Gasteiger partial charge in [-0.1, -0.05) is 0 Å². The fourth-order valence-electron chi connectivity index (χ4n) is 0.996. The summed E-state index contributed by atoms with van der Waals surface area (Å²) in [5.41, 5.74) is 0. The van der Waals surface area contributed by atoms with Gasteiger partial charge in [-0.2, -0.15) is 59.7 Å². The van der Waals surface area contributed by atoms with Crippen molar-refractivity contribution in [1.82, 2.24) is 0 Å². The topological polar surface area (TPSA) is 0 Å². The predicted molar refractivity (Wildman–Crippen MR) is 109 cm³/mol. The molecule has 0 aromatic carbocycles. The first kappa shape index (κ1) is 20.5. The molecule has 0 bridgehead atoms. The first-order chi connectivity index (χ1) is 8.91. The van der Waals surface area contributed by atoms with Crippen molar-refractivity contribution in [3.63, 3.8) is 0 Å². The molecule has 110 valence electrons. The van der Waals surface area contributed by atoms with Crippen molar-refractivity contribution < 1.29 is 0 Å². The maximum atomic E-state index is 4.18. The Balaban J connectivity index is 2.86. The van der Waals surface area contributed by atoms with Crippen LogP contribution in [0.25, 0.3) is 0 Å². The SMILES string of the molecule is CSCCCSCSCSCSCCCSCS. The van der Waals surface area contributed by atoms with Crippen LogP contribution in [0.15, 0.2) is 0 Å². The van der Waals surface area contributed by atoms with E-state index in [9.17, 15) is 0 Å². The van der Waals surface area contributed by atoms with E-state index < -0.39 is 0 Å². The molecule has 0 fully saturated rings. The van der Waals surface area contributed by atoms with Gasteiger partial charge in [-0.3, -0.25) is 0 Å². The summed E-state index contributed by atoms with van der Waals surface area (Å²) in [5.74, 6) is 5.22. The van der Waals surface area contributed by atoms with Gasteiger partial charge in [0.25, 0.3) is 0 Å². The molecule has 0 aliphatic heterocycles. The second-order valence-corrected chi connectivity index (χ2v) is 11.4. The van der Waals surface area contributed by atoms with Crippen molar-refractivity contribution in [3.05, 3.63) is 0 Å². The van der Waals surface area contributed by atoms with E-state index in [-0.39, 0.29) is 0 Å². The summed E-state index contributed by atoms with van der Waals surface area (Å²) >= 11 is 16.4. The van der Waals surface area contributed by atoms with Crippen LogP contribution < -0.4 is 0 Å². The van der Waals surface area contributed by atoms with Crippen LogP contribution in [0.2, 0.25) is 0 Å². The van der Waals surface area contributed by atoms with Gasteiger partial charge < -0.3 is 0 Å². The molecule has 0 aromatic heterocycles. The molecule has 0 nitrogen and oxygen atoms in total. The van der Waals surface area contributed by atoms with Crippen molar-refractivity contribution in [2.45, 2.75) is 12.8 Å². The van der Waals surface area contributed by atoms with E-state index >= 15 is 0 Å². The number of thioether (sulfide) groups is 6. The van der Waals surface area contributed by atoms with E-state index in [1.165, 1.54) is 51.1 Å². The summed E-state index contributed by atoms with van der Waals surface area (Å²) in [6.07, 6.45) is 4.87. The first-order valence-electron chi connectivity index (χ1n) is 5.90. The summed E-state index contributed by atoms with van der Waals surface area (Å²) < 4.78 is 0. The summed E-state index contributed by atoms with van der Waals surface area (Å²) in [6, 6.07) is 0. The molecular weight excluding hydrogens is 357 g/mol. The second-order valence-electron chi connectivity index (χ2n) is 3.32. The summed E-state index contributed by atoms with van der Waals surface area (Å²) in [4.78, 5) is 0. The molecule has 0 saturated heterocycles. The van der Waals surface area contributed by atoms with Crippen molar-refractivity contribution in [1.29, 1.82) is 0 Å². The Hall–Kier alpha value is 2.45. The number of hydrogen-bond acceptors (Lipinski definition) is 7. The molecule has 0 aromatic rings. The maximum absolute atomic E-state index is 4.18. The van der Waals surface area contributed by atoms with E-state index in [1.54, 1.807) is 0 Å². The average molecular weight is 381 g/mol. The number of hydrogen-bond donors (Lipinski definition) is 1. The smallest absolute Gasteiger partial charge is 0.0408 e. The average Bonchev–Trinajstić information content (AvgIpc) is 2.39. The molecule has 0 radical (unpaired) electrons. The zero-order valence-electron chi connectivity index (χ0n) is 11.0. The third kappa shape index (κ3) is 18.4. The van der Waals surface area contributed by atoms with E-state index in [4.69, 9.17) is 0 Å². The van der Waals surface area contributed by atoms with Crippen LogP contribution in [0.3, 0.4) is 0 Å². The zero-order valence-corrected chi connectivity index (χ0v) is 16.8. The Bertz CT molecular complexity index is 129. The lowest BCUT2D eigenvalue weighted by Gasteiger charge is -2.02. The van der Waals surface area contributed by atoms with Gasteiger partial charge in [0.1, 0.15) is 0 Å². The van der Waals surface area contributed by atoms with E-state index in [0.29, 0.717) is 0 Å². The van der Waals surface area contributed by atoms with Crippen molar-refractivity contribution in [2.75, 3.05) is 49.6 Å². The van der Waals surface area contributed by atoms with Gasteiger partial charge in [-0.15, -0.1) is 23.5 Å². The minimum Gasteiger partial charge on any atom is -0.168 e. The highest BCUT2D eigenvalue weighted by Gasteiger charge is 1.94. The van der Waals surface area contributed by atoms with Gasteiger partial charge in [0.2, 0.25) is 0 Å². The Morgan fingerprint density at radius 1 is 0.667 bits per heavy atom. The molecule has 0 aliphatic rings.